The first kappa shape index (κ1) is 13.3. The highest BCUT2D eigenvalue weighted by molar-refractivity contribution is 5.97. The standard InChI is InChI=1S/C13H17N3O3/c1-9(17)11-3-4-12(14-11)13(19)16-7-5-15(6-8-16)10(2)18/h3-4,14H,5-8H2,1-2H3. The van der Waals surface area contributed by atoms with Crippen LogP contribution in [0.15, 0.2) is 12.1 Å². The fraction of sp³-hybridized carbons (Fsp3) is 0.462. The van der Waals surface area contributed by atoms with Gasteiger partial charge in [-0.2, -0.15) is 0 Å². The number of hydrogen-bond acceptors (Lipinski definition) is 3. The molecule has 19 heavy (non-hydrogen) atoms. The Morgan fingerprint density at radius 1 is 0.947 bits per heavy atom. The Morgan fingerprint density at radius 2 is 1.47 bits per heavy atom. The van der Waals surface area contributed by atoms with Crippen molar-refractivity contribution in [2.45, 2.75) is 13.8 Å². The van der Waals surface area contributed by atoms with Gasteiger partial charge in [-0.15, -0.1) is 0 Å². The third-order valence-corrected chi connectivity index (χ3v) is 3.31. The topological polar surface area (TPSA) is 73.5 Å². The quantitative estimate of drug-likeness (QED) is 0.791. The molecule has 1 aliphatic rings. The lowest BCUT2D eigenvalue weighted by atomic mass is 10.3. The fourth-order valence-corrected chi connectivity index (χ4v) is 2.12. The van der Waals surface area contributed by atoms with E-state index in [0.29, 0.717) is 37.6 Å². The average molecular weight is 263 g/mol. The van der Waals surface area contributed by atoms with E-state index in [9.17, 15) is 14.4 Å². The van der Waals surface area contributed by atoms with Crippen LogP contribution in [-0.2, 0) is 4.79 Å². The van der Waals surface area contributed by atoms with Crippen LogP contribution in [-0.4, -0.2) is 58.6 Å². The van der Waals surface area contributed by atoms with Crippen LogP contribution in [0.4, 0.5) is 0 Å². The first-order chi connectivity index (χ1) is 8.99. The van der Waals surface area contributed by atoms with E-state index in [1.54, 1.807) is 21.9 Å². The molecule has 0 bridgehead atoms. The van der Waals surface area contributed by atoms with Crippen LogP contribution in [0.25, 0.3) is 0 Å². The Kier molecular flexibility index (Phi) is 3.69. The van der Waals surface area contributed by atoms with Crippen LogP contribution >= 0.6 is 0 Å². The Balaban J connectivity index is 2.01. The van der Waals surface area contributed by atoms with Crippen LogP contribution in [0.3, 0.4) is 0 Å². The van der Waals surface area contributed by atoms with Gasteiger partial charge in [0, 0.05) is 40.0 Å². The second kappa shape index (κ2) is 5.26. The van der Waals surface area contributed by atoms with E-state index in [0.717, 1.165) is 0 Å². The lowest BCUT2D eigenvalue weighted by molar-refractivity contribution is -0.130. The Bertz CT molecular complexity index is 513. The summed E-state index contributed by atoms with van der Waals surface area (Å²) in [5.41, 5.74) is 0.854. The van der Waals surface area contributed by atoms with Gasteiger partial charge in [0.1, 0.15) is 5.69 Å². The normalized spacial score (nSPS) is 15.5. The number of hydrogen-bond donors (Lipinski definition) is 1. The molecule has 1 aromatic heterocycles. The number of ketones is 1. The molecule has 2 amide bonds. The molecule has 2 heterocycles. The van der Waals surface area contributed by atoms with E-state index in [4.69, 9.17) is 0 Å². The maximum Gasteiger partial charge on any atom is 0.270 e. The average Bonchev–Trinajstić information content (AvgIpc) is 2.87. The van der Waals surface area contributed by atoms with Gasteiger partial charge >= 0.3 is 0 Å². The molecule has 6 nitrogen and oxygen atoms in total. The van der Waals surface area contributed by atoms with Crippen molar-refractivity contribution < 1.29 is 14.4 Å². The largest absolute Gasteiger partial charge is 0.348 e. The fourth-order valence-electron chi connectivity index (χ4n) is 2.12. The maximum absolute atomic E-state index is 12.2. The molecular weight excluding hydrogens is 246 g/mol. The van der Waals surface area contributed by atoms with Crippen LogP contribution in [0.1, 0.15) is 34.8 Å². The minimum absolute atomic E-state index is 0.0332. The van der Waals surface area contributed by atoms with Crippen molar-refractivity contribution in [1.82, 2.24) is 14.8 Å². The Hall–Kier alpha value is -2.11. The van der Waals surface area contributed by atoms with Crippen molar-refractivity contribution in [3.63, 3.8) is 0 Å². The minimum Gasteiger partial charge on any atom is -0.348 e. The van der Waals surface area contributed by atoms with Gasteiger partial charge < -0.3 is 14.8 Å². The second-order valence-electron chi connectivity index (χ2n) is 4.64. The van der Waals surface area contributed by atoms with Crippen LogP contribution in [0, 0.1) is 0 Å². The first-order valence-electron chi connectivity index (χ1n) is 6.24. The molecule has 0 unspecified atom stereocenters. The number of carbonyl (C=O) groups is 3. The number of Topliss-reactive ketones (excluding diaryl/α,β-unsaturated/α-hetero) is 1. The number of aromatic nitrogens is 1. The highest BCUT2D eigenvalue weighted by atomic mass is 16.2. The van der Waals surface area contributed by atoms with Crippen LogP contribution in [0.5, 0.6) is 0 Å². The Morgan fingerprint density at radius 3 is 1.95 bits per heavy atom. The highest BCUT2D eigenvalue weighted by Crippen LogP contribution is 2.09. The van der Waals surface area contributed by atoms with Crippen molar-refractivity contribution in [1.29, 1.82) is 0 Å². The SMILES string of the molecule is CC(=O)c1ccc(C(=O)N2CCN(C(C)=O)CC2)[nH]1. The summed E-state index contributed by atoms with van der Waals surface area (Å²) in [6.45, 7) is 5.13. The van der Waals surface area contributed by atoms with Crippen molar-refractivity contribution >= 4 is 17.6 Å². The number of rotatable bonds is 2. The summed E-state index contributed by atoms with van der Waals surface area (Å²) >= 11 is 0. The van der Waals surface area contributed by atoms with Crippen molar-refractivity contribution in [3.05, 3.63) is 23.5 Å². The lowest BCUT2D eigenvalue weighted by Crippen LogP contribution is -2.50. The molecule has 0 saturated carbocycles. The monoisotopic (exact) mass is 263 g/mol. The molecule has 0 aliphatic carbocycles. The summed E-state index contributed by atoms with van der Waals surface area (Å²) < 4.78 is 0. The number of amides is 2. The molecule has 0 atom stereocenters. The summed E-state index contributed by atoms with van der Waals surface area (Å²) in [5.74, 6) is -0.193. The summed E-state index contributed by atoms with van der Waals surface area (Å²) in [7, 11) is 0. The van der Waals surface area contributed by atoms with E-state index in [2.05, 4.69) is 4.98 Å². The zero-order valence-electron chi connectivity index (χ0n) is 11.1. The van der Waals surface area contributed by atoms with E-state index in [1.165, 1.54) is 13.8 Å². The number of H-pyrrole nitrogens is 1. The predicted molar refractivity (Wildman–Crippen MR) is 69.0 cm³/mol. The van der Waals surface area contributed by atoms with E-state index in [-0.39, 0.29) is 17.6 Å². The molecule has 0 radical (unpaired) electrons. The second-order valence-corrected chi connectivity index (χ2v) is 4.64. The van der Waals surface area contributed by atoms with E-state index in [1.807, 2.05) is 0 Å². The summed E-state index contributed by atoms with van der Waals surface area (Å²) in [5, 5.41) is 0. The molecule has 2 rings (SSSR count). The zero-order valence-corrected chi connectivity index (χ0v) is 11.1. The molecule has 1 N–H and O–H groups in total. The zero-order chi connectivity index (χ0) is 14.0. The van der Waals surface area contributed by atoms with Gasteiger partial charge in [-0.05, 0) is 12.1 Å². The first-order valence-corrected chi connectivity index (χ1v) is 6.24. The summed E-state index contributed by atoms with van der Waals surface area (Å²) in [6.07, 6.45) is 0. The highest BCUT2D eigenvalue weighted by Gasteiger charge is 2.24. The molecule has 1 saturated heterocycles. The number of carbonyl (C=O) groups excluding carboxylic acids is 3. The number of aromatic amines is 1. The minimum atomic E-state index is -0.129. The lowest BCUT2D eigenvalue weighted by Gasteiger charge is -2.33. The Labute approximate surface area is 111 Å². The van der Waals surface area contributed by atoms with Gasteiger partial charge in [-0.1, -0.05) is 0 Å². The van der Waals surface area contributed by atoms with Crippen LogP contribution < -0.4 is 0 Å². The van der Waals surface area contributed by atoms with Gasteiger partial charge in [0.25, 0.3) is 5.91 Å². The predicted octanol–water partition coefficient (Wildman–Crippen LogP) is 0.522. The van der Waals surface area contributed by atoms with Gasteiger partial charge in [-0.3, -0.25) is 14.4 Å². The molecule has 0 spiro atoms. The molecule has 1 fully saturated rings. The molecule has 1 aromatic rings. The number of nitrogens with zero attached hydrogens (tertiary/aromatic N) is 2. The van der Waals surface area contributed by atoms with Gasteiger partial charge in [0.05, 0.1) is 5.69 Å². The van der Waals surface area contributed by atoms with Gasteiger partial charge in [-0.25, -0.2) is 0 Å². The van der Waals surface area contributed by atoms with E-state index >= 15 is 0 Å². The summed E-state index contributed by atoms with van der Waals surface area (Å²) in [4.78, 5) is 40.8. The van der Waals surface area contributed by atoms with Crippen LogP contribution in [0.2, 0.25) is 0 Å². The van der Waals surface area contributed by atoms with Crippen molar-refractivity contribution in [2.75, 3.05) is 26.2 Å². The summed E-state index contributed by atoms with van der Waals surface area (Å²) in [6, 6.07) is 3.23. The van der Waals surface area contributed by atoms with Gasteiger partial charge in [0.15, 0.2) is 5.78 Å². The van der Waals surface area contributed by atoms with E-state index < -0.39 is 0 Å². The molecule has 102 valence electrons. The van der Waals surface area contributed by atoms with Gasteiger partial charge in [0.2, 0.25) is 5.91 Å². The van der Waals surface area contributed by atoms with Crippen molar-refractivity contribution in [3.8, 4) is 0 Å². The number of nitrogens with one attached hydrogen (secondary N) is 1. The molecule has 0 aromatic carbocycles. The molecular formula is C13H17N3O3. The third-order valence-electron chi connectivity index (χ3n) is 3.31. The smallest absolute Gasteiger partial charge is 0.270 e. The molecule has 1 aliphatic heterocycles. The van der Waals surface area contributed by atoms with Crippen molar-refractivity contribution in [2.24, 2.45) is 0 Å². The maximum atomic E-state index is 12.2. The third kappa shape index (κ3) is 2.83. The number of piperazine rings is 1. The molecule has 6 heteroatoms.